The second-order valence-electron chi connectivity index (χ2n) is 4.49. The fourth-order valence-corrected chi connectivity index (χ4v) is 1.85. The predicted octanol–water partition coefficient (Wildman–Crippen LogP) is 1.93. The van der Waals surface area contributed by atoms with E-state index in [1.807, 2.05) is 6.07 Å². The molecular formula is C15H15N3O3. The summed E-state index contributed by atoms with van der Waals surface area (Å²) in [6.45, 7) is 0. The first-order valence-corrected chi connectivity index (χ1v) is 6.39. The number of benzene rings is 1. The van der Waals surface area contributed by atoms with Crippen LogP contribution in [0.3, 0.4) is 0 Å². The monoisotopic (exact) mass is 285 g/mol. The van der Waals surface area contributed by atoms with Crippen molar-refractivity contribution in [2.75, 3.05) is 11.1 Å². The number of pyridine rings is 1. The van der Waals surface area contributed by atoms with Crippen molar-refractivity contribution in [1.82, 2.24) is 4.98 Å². The second-order valence-corrected chi connectivity index (χ2v) is 4.49. The third-order valence-electron chi connectivity index (χ3n) is 2.87. The summed E-state index contributed by atoms with van der Waals surface area (Å²) in [6, 6.07) is 10.3. The number of carboxylic acid groups (broad SMARTS) is 1. The predicted molar refractivity (Wildman–Crippen MR) is 79.0 cm³/mol. The first kappa shape index (κ1) is 14.5. The van der Waals surface area contributed by atoms with Gasteiger partial charge >= 0.3 is 5.97 Å². The number of carbonyl (C=O) groups is 2. The molecule has 1 amide bonds. The van der Waals surface area contributed by atoms with Gasteiger partial charge in [0.1, 0.15) is 0 Å². The lowest BCUT2D eigenvalue weighted by Crippen LogP contribution is -2.15. The summed E-state index contributed by atoms with van der Waals surface area (Å²) in [4.78, 5) is 26.6. The van der Waals surface area contributed by atoms with E-state index in [1.165, 1.54) is 6.20 Å². The number of aliphatic carboxylic acids is 1. The Morgan fingerprint density at radius 2 is 2.05 bits per heavy atom. The van der Waals surface area contributed by atoms with Gasteiger partial charge in [-0.05, 0) is 36.2 Å². The van der Waals surface area contributed by atoms with Gasteiger partial charge in [0, 0.05) is 18.3 Å². The number of carboxylic acids is 1. The number of hydrogen-bond acceptors (Lipinski definition) is 4. The second kappa shape index (κ2) is 6.51. The molecule has 0 saturated carbocycles. The summed E-state index contributed by atoms with van der Waals surface area (Å²) < 4.78 is 0. The zero-order valence-corrected chi connectivity index (χ0v) is 11.2. The van der Waals surface area contributed by atoms with Gasteiger partial charge in [0.05, 0.1) is 5.69 Å². The number of hydrogen-bond donors (Lipinski definition) is 3. The van der Waals surface area contributed by atoms with Crippen LogP contribution >= 0.6 is 0 Å². The lowest BCUT2D eigenvalue weighted by Gasteiger charge is -2.08. The lowest BCUT2D eigenvalue weighted by molar-refractivity contribution is -0.136. The quantitative estimate of drug-likeness (QED) is 0.778. The molecule has 2 rings (SSSR count). The van der Waals surface area contributed by atoms with E-state index in [-0.39, 0.29) is 12.1 Å². The van der Waals surface area contributed by atoms with Crippen LogP contribution in [0.15, 0.2) is 42.6 Å². The van der Waals surface area contributed by atoms with E-state index in [0.717, 1.165) is 5.56 Å². The van der Waals surface area contributed by atoms with Crippen LogP contribution in [0.1, 0.15) is 22.5 Å². The van der Waals surface area contributed by atoms with Gasteiger partial charge in [-0.3, -0.25) is 9.59 Å². The SMILES string of the molecule is Nc1cccnc1C(=O)Nc1cccc(CCC(=O)O)c1. The Morgan fingerprint density at radius 3 is 2.76 bits per heavy atom. The van der Waals surface area contributed by atoms with Crippen molar-refractivity contribution in [3.8, 4) is 0 Å². The van der Waals surface area contributed by atoms with Gasteiger partial charge in [0.2, 0.25) is 0 Å². The molecule has 4 N–H and O–H groups in total. The van der Waals surface area contributed by atoms with Gasteiger partial charge in [-0.25, -0.2) is 4.98 Å². The molecule has 108 valence electrons. The van der Waals surface area contributed by atoms with Crippen molar-refractivity contribution in [1.29, 1.82) is 0 Å². The average Bonchev–Trinajstić information content (AvgIpc) is 2.46. The summed E-state index contributed by atoms with van der Waals surface area (Å²) in [6.07, 6.45) is 1.95. The smallest absolute Gasteiger partial charge is 0.303 e. The summed E-state index contributed by atoms with van der Waals surface area (Å²) in [7, 11) is 0. The van der Waals surface area contributed by atoms with Crippen LogP contribution in [0.4, 0.5) is 11.4 Å². The Kier molecular flexibility index (Phi) is 4.50. The van der Waals surface area contributed by atoms with Gasteiger partial charge in [0.15, 0.2) is 5.69 Å². The number of anilines is 2. The Balaban J connectivity index is 2.09. The van der Waals surface area contributed by atoms with Gasteiger partial charge in [0.25, 0.3) is 5.91 Å². The third-order valence-corrected chi connectivity index (χ3v) is 2.87. The van der Waals surface area contributed by atoms with Crippen molar-refractivity contribution in [2.45, 2.75) is 12.8 Å². The maximum absolute atomic E-state index is 12.1. The van der Waals surface area contributed by atoms with E-state index in [4.69, 9.17) is 10.8 Å². The van der Waals surface area contributed by atoms with Crippen LogP contribution in [0.5, 0.6) is 0 Å². The lowest BCUT2D eigenvalue weighted by atomic mass is 10.1. The molecule has 6 heteroatoms. The molecule has 1 aromatic heterocycles. The first-order chi connectivity index (χ1) is 10.1. The molecule has 1 aromatic carbocycles. The maximum Gasteiger partial charge on any atom is 0.303 e. The fourth-order valence-electron chi connectivity index (χ4n) is 1.85. The molecule has 0 aliphatic carbocycles. The minimum Gasteiger partial charge on any atom is -0.481 e. The number of nitrogens with one attached hydrogen (secondary N) is 1. The molecule has 6 nitrogen and oxygen atoms in total. The molecule has 0 aliphatic rings. The molecule has 1 heterocycles. The van der Waals surface area contributed by atoms with Crippen molar-refractivity contribution < 1.29 is 14.7 Å². The van der Waals surface area contributed by atoms with E-state index in [1.54, 1.807) is 30.3 Å². The highest BCUT2D eigenvalue weighted by Crippen LogP contribution is 2.15. The van der Waals surface area contributed by atoms with Crippen LogP contribution in [-0.2, 0) is 11.2 Å². The molecule has 0 atom stereocenters. The Labute approximate surface area is 121 Å². The molecule has 0 fully saturated rings. The number of aryl methyl sites for hydroxylation is 1. The zero-order chi connectivity index (χ0) is 15.2. The van der Waals surface area contributed by atoms with Gasteiger partial charge in [-0.15, -0.1) is 0 Å². The summed E-state index contributed by atoms with van der Waals surface area (Å²) in [5, 5.41) is 11.4. The van der Waals surface area contributed by atoms with E-state index in [9.17, 15) is 9.59 Å². The highest BCUT2D eigenvalue weighted by Gasteiger charge is 2.11. The van der Waals surface area contributed by atoms with E-state index < -0.39 is 11.9 Å². The van der Waals surface area contributed by atoms with Crippen LogP contribution in [0.25, 0.3) is 0 Å². The highest BCUT2D eigenvalue weighted by molar-refractivity contribution is 6.06. The van der Waals surface area contributed by atoms with E-state index in [2.05, 4.69) is 10.3 Å². The molecule has 0 radical (unpaired) electrons. The first-order valence-electron chi connectivity index (χ1n) is 6.39. The van der Waals surface area contributed by atoms with Crippen LogP contribution < -0.4 is 11.1 Å². The van der Waals surface area contributed by atoms with E-state index >= 15 is 0 Å². The van der Waals surface area contributed by atoms with Gasteiger partial charge < -0.3 is 16.2 Å². The third kappa shape index (κ3) is 4.04. The van der Waals surface area contributed by atoms with Crippen molar-refractivity contribution in [2.24, 2.45) is 0 Å². The highest BCUT2D eigenvalue weighted by atomic mass is 16.4. The van der Waals surface area contributed by atoms with Gasteiger partial charge in [-0.2, -0.15) is 0 Å². The number of nitrogen functional groups attached to an aromatic ring is 1. The van der Waals surface area contributed by atoms with Crippen molar-refractivity contribution in [3.05, 3.63) is 53.9 Å². The number of nitrogens with zero attached hydrogens (tertiary/aromatic N) is 1. The van der Waals surface area contributed by atoms with Gasteiger partial charge in [-0.1, -0.05) is 12.1 Å². The Bertz CT molecular complexity index is 671. The van der Waals surface area contributed by atoms with Crippen LogP contribution in [-0.4, -0.2) is 22.0 Å². The summed E-state index contributed by atoms with van der Waals surface area (Å²) >= 11 is 0. The molecule has 0 spiro atoms. The van der Waals surface area contributed by atoms with E-state index in [0.29, 0.717) is 17.8 Å². The number of carbonyl (C=O) groups excluding carboxylic acids is 1. The average molecular weight is 285 g/mol. The molecule has 0 unspecified atom stereocenters. The molecule has 0 aliphatic heterocycles. The minimum atomic E-state index is -0.856. The van der Waals surface area contributed by atoms with Crippen molar-refractivity contribution >= 4 is 23.3 Å². The van der Waals surface area contributed by atoms with Crippen LogP contribution in [0, 0.1) is 0 Å². The number of aromatic nitrogens is 1. The fraction of sp³-hybridized carbons (Fsp3) is 0.133. The number of rotatable bonds is 5. The minimum absolute atomic E-state index is 0.0462. The maximum atomic E-state index is 12.1. The molecule has 0 bridgehead atoms. The Hall–Kier alpha value is -2.89. The molecule has 0 saturated heterocycles. The normalized spacial score (nSPS) is 10.1. The Morgan fingerprint density at radius 1 is 1.24 bits per heavy atom. The number of amides is 1. The molecular weight excluding hydrogens is 270 g/mol. The van der Waals surface area contributed by atoms with Crippen LogP contribution in [0.2, 0.25) is 0 Å². The topological polar surface area (TPSA) is 105 Å². The standard InChI is InChI=1S/C15H15N3O3/c16-12-5-2-8-17-14(12)15(21)18-11-4-1-3-10(9-11)6-7-13(19)20/h1-5,8-9H,6-7,16H2,(H,18,21)(H,19,20). The summed E-state index contributed by atoms with van der Waals surface area (Å²) in [5.41, 5.74) is 7.57. The largest absolute Gasteiger partial charge is 0.481 e. The molecule has 21 heavy (non-hydrogen) atoms. The van der Waals surface area contributed by atoms with Crippen molar-refractivity contribution in [3.63, 3.8) is 0 Å². The summed E-state index contributed by atoms with van der Waals surface area (Å²) in [5.74, 6) is -1.26. The molecule has 2 aromatic rings. The number of nitrogens with two attached hydrogens (primary N) is 1. The zero-order valence-electron chi connectivity index (χ0n) is 11.2.